The van der Waals surface area contributed by atoms with Gasteiger partial charge >= 0.3 is 0 Å². The van der Waals surface area contributed by atoms with Crippen LogP contribution in [0.2, 0.25) is 0 Å². The molecule has 0 spiro atoms. The number of carbonyl (C=O) groups excluding carboxylic acids is 1. The largest absolute Gasteiger partial charge is 0.294 e. The van der Waals surface area contributed by atoms with Crippen LogP contribution in [-0.4, -0.2) is 20.7 Å². The number of rotatable bonds is 6. The lowest BCUT2D eigenvalue weighted by Crippen LogP contribution is -2.25. The third-order valence-corrected chi connectivity index (χ3v) is 5.95. The number of Topliss-reactive ketones (excluding diaryl/α,β-unsaturated/α-hetero) is 1. The molecule has 1 heterocycles. The van der Waals surface area contributed by atoms with Gasteiger partial charge in [0.15, 0.2) is 5.78 Å². The van der Waals surface area contributed by atoms with Crippen LogP contribution in [0.3, 0.4) is 0 Å². The van der Waals surface area contributed by atoms with Crippen molar-refractivity contribution in [2.45, 2.75) is 17.6 Å². The molecule has 0 amide bonds. The van der Waals surface area contributed by atoms with Gasteiger partial charge in [-0.05, 0) is 43.2 Å². The summed E-state index contributed by atoms with van der Waals surface area (Å²) >= 11 is 0.947. The summed E-state index contributed by atoms with van der Waals surface area (Å²) in [5.74, 6) is -0.484. The van der Waals surface area contributed by atoms with Crippen molar-refractivity contribution < 1.29 is 17.6 Å². The average Bonchev–Trinajstić information content (AvgIpc) is 2.91. The predicted octanol–water partition coefficient (Wildman–Crippen LogP) is 2.61. The molecule has 0 fully saturated rings. The maximum absolute atomic E-state index is 12.7. The van der Waals surface area contributed by atoms with E-state index in [1.165, 1.54) is 31.2 Å². The van der Waals surface area contributed by atoms with E-state index in [9.17, 15) is 17.6 Å². The molecule has 1 aromatic heterocycles. The first-order chi connectivity index (χ1) is 9.88. The molecule has 0 bridgehead atoms. The van der Waals surface area contributed by atoms with Crippen molar-refractivity contribution in [1.82, 2.24) is 4.72 Å². The van der Waals surface area contributed by atoms with Crippen molar-refractivity contribution in [3.8, 4) is 0 Å². The molecule has 112 valence electrons. The Bertz CT molecular complexity index is 736. The Hall–Kier alpha value is -1.57. The summed E-state index contributed by atoms with van der Waals surface area (Å²) in [4.78, 5) is 11.6. The Labute approximate surface area is 126 Å². The van der Waals surface area contributed by atoms with Crippen molar-refractivity contribution in [3.05, 3.63) is 52.7 Å². The standard InChI is InChI=1S/C14H14FNO3S2/c1-10(17)13-6-7-14(20-13)21(18,19)16-9-8-11-2-4-12(15)5-3-11/h2-7,16H,8-9H2,1H3. The van der Waals surface area contributed by atoms with Gasteiger partial charge in [0.25, 0.3) is 0 Å². The Kier molecular flexibility index (Phi) is 4.87. The van der Waals surface area contributed by atoms with Crippen LogP contribution in [0.15, 0.2) is 40.6 Å². The van der Waals surface area contributed by atoms with Crippen LogP contribution in [0.5, 0.6) is 0 Å². The molecule has 2 rings (SSSR count). The topological polar surface area (TPSA) is 63.2 Å². The number of halogens is 1. The van der Waals surface area contributed by atoms with Crippen molar-refractivity contribution in [2.75, 3.05) is 6.54 Å². The fourth-order valence-corrected chi connectivity index (χ4v) is 3.98. The zero-order chi connectivity index (χ0) is 15.5. The predicted molar refractivity (Wildman–Crippen MR) is 79.6 cm³/mol. The van der Waals surface area contributed by atoms with E-state index in [1.807, 2.05) is 0 Å². The first-order valence-corrected chi connectivity index (χ1v) is 8.53. The number of hydrogen-bond donors (Lipinski definition) is 1. The highest BCUT2D eigenvalue weighted by Gasteiger charge is 2.17. The lowest BCUT2D eigenvalue weighted by Gasteiger charge is -2.05. The van der Waals surface area contributed by atoms with Crippen LogP contribution < -0.4 is 4.72 Å². The molecule has 0 aliphatic rings. The minimum Gasteiger partial charge on any atom is -0.294 e. The summed E-state index contributed by atoms with van der Waals surface area (Å²) < 4.78 is 39.4. The van der Waals surface area contributed by atoms with E-state index in [0.717, 1.165) is 16.9 Å². The molecule has 0 unspecified atom stereocenters. The third kappa shape index (κ3) is 4.20. The van der Waals surface area contributed by atoms with E-state index < -0.39 is 10.0 Å². The number of carbonyl (C=O) groups is 1. The molecule has 0 aliphatic carbocycles. The van der Waals surface area contributed by atoms with Gasteiger partial charge in [0, 0.05) is 6.54 Å². The fraction of sp³-hybridized carbons (Fsp3) is 0.214. The lowest BCUT2D eigenvalue weighted by molar-refractivity contribution is 0.102. The molecule has 21 heavy (non-hydrogen) atoms. The van der Waals surface area contributed by atoms with E-state index >= 15 is 0 Å². The van der Waals surface area contributed by atoms with E-state index in [2.05, 4.69) is 4.72 Å². The molecule has 4 nitrogen and oxygen atoms in total. The SMILES string of the molecule is CC(=O)c1ccc(S(=O)(=O)NCCc2ccc(F)cc2)s1. The normalized spacial score (nSPS) is 11.5. The molecule has 1 N–H and O–H groups in total. The Morgan fingerprint density at radius 3 is 2.43 bits per heavy atom. The highest BCUT2D eigenvalue weighted by atomic mass is 32.2. The van der Waals surface area contributed by atoms with Gasteiger partial charge < -0.3 is 0 Å². The Morgan fingerprint density at radius 2 is 1.86 bits per heavy atom. The monoisotopic (exact) mass is 327 g/mol. The van der Waals surface area contributed by atoms with Gasteiger partial charge in [0.2, 0.25) is 10.0 Å². The second kappa shape index (κ2) is 6.46. The van der Waals surface area contributed by atoms with E-state index in [0.29, 0.717) is 11.3 Å². The fourth-order valence-electron chi connectivity index (χ4n) is 1.71. The van der Waals surface area contributed by atoms with Crippen LogP contribution in [0, 0.1) is 5.82 Å². The molecule has 0 atom stereocenters. The number of nitrogens with one attached hydrogen (secondary N) is 1. The van der Waals surface area contributed by atoms with Crippen LogP contribution in [0.25, 0.3) is 0 Å². The number of thiophene rings is 1. The molecule has 7 heteroatoms. The lowest BCUT2D eigenvalue weighted by atomic mass is 10.1. The molecule has 0 saturated carbocycles. The molecule has 1 aromatic carbocycles. The minimum atomic E-state index is -3.61. The second-order valence-electron chi connectivity index (χ2n) is 4.45. The number of sulfonamides is 1. The first-order valence-electron chi connectivity index (χ1n) is 6.23. The molecule has 2 aromatic rings. The summed E-state index contributed by atoms with van der Waals surface area (Å²) in [6.45, 7) is 1.60. The number of ketones is 1. The second-order valence-corrected chi connectivity index (χ2v) is 7.53. The van der Waals surface area contributed by atoms with Crippen LogP contribution in [-0.2, 0) is 16.4 Å². The summed E-state index contributed by atoms with van der Waals surface area (Å²) in [6.07, 6.45) is 0.463. The molecule has 0 saturated heterocycles. The Balaban J connectivity index is 1.97. The van der Waals surface area contributed by atoms with Crippen molar-refractivity contribution in [3.63, 3.8) is 0 Å². The zero-order valence-corrected chi connectivity index (χ0v) is 12.9. The maximum Gasteiger partial charge on any atom is 0.250 e. The van der Waals surface area contributed by atoms with Gasteiger partial charge in [-0.2, -0.15) is 0 Å². The molecule has 0 aliphatic heterocycles. The zero-order valence-electron chi connectivity index (χ0n) is 11.3. The van der Waals surface area contributed by atoms with Crippen LogP contribution in [0.4, 0.5) is 4.39 Å². The maximum atomic E-state index is 12.7. The van der Waals surface area contributed by atoms with Gasteiger partial charge in [-0.3, -0.25) is 4.79 Å². The summed E-state index contributed by atoms with van der Waals surface area (Å²) in [6, 6.07) is 8.82. The van der Waals surface area contributed by atoms with Crippen molar-refractivity contribution in [1.29, 1.82) is 0 Å². The quantitative estimate of drug-likeness (QED) is 0.830. The van der Waals surface area contributed by atoms with E-state index in [1.54, 1.807) is 12.1 Å². The van der Waals surface area contributed by atoms with Gasteiger partial charge in [-0.15, -0.1) is 11.3 Å². The van der Waals surface area contributed by atoms with Gasteiger partial charge in [0.05, 0.1) is 4.88 Å². The van der Waals surface area contributed by atoms with Gasteiger partial charge in [-0.1, -0.05) is 12.1 Å². The smallest absolute Gasteiger partial charge is 0.250 e. The summed E-state index contributed by atoms with van der Waals surface area (Å²) in [5, 5.41) is 0. The molecular weight excluding hydrogens is 313 g/mol. The van der Waals surface area contributed by atoms with Gasteiger partial charge in [-0.25, -0.2) is 17.5 Å². The highest BCUT2D eigenvalue weighted by Crippen LogP contribution is 2.21. The van der Waals surface area contributed by atoms with Crippen molar-refractivity contribution in [2.24, 2.45) is 0 Å². The number of benzene rings is 1. The average molecular weight is 327 g/mol. The van der Waals surface area contributed by atoms with Crippen molar-refractivity contribution >= 4 is 27.1 Å². The molecular formula is C14H14FNO3S2. The molecule has 0 radical (unpaired) electrons. The first kappa shape index (κ1) is 15.8. The van der Waals surface area contributed by atoms with Crippen LogP contribution in [0.1, 0.15) is 22.2 Å². The van der Waals surface area contributed by atoms with Crippen LogP contribution >= 0.6 is 11.3 Å². The summed E-state index contributed by atoms with van der Waals surface area (Å²) in [5.41, 5.74) is 0.842. The van der Waals surface area contributed by atoms with E-state index in [-0.39, 0.29) is 22.4 Å². The minimum absolute atomic E-state index is 0.117. The highest BCUT2D eigenvalue weighted by molar-refractivity contribution is 7.91. The summed E-state index contributed by atoms with van der Waals surface area (Å²) in [7, 11) is -3.61. The number of hydrogen-bond acceptors (Lipinski definition) is 4. The van der Waals surface area contributed by atoms with E-state index in [4.69, 9.17) is 0 Å². The third-order valence-electron chi connectivity index (χ3n) is 2.81. The van der Waals surface area contributed by atoms with Gasteiger partial charge in [0.1, 0.15) is 10.0 Å². The Morgan fingerprint density at radius 1 is 1.19 bits per heavy atom.